The van der Waals surface area contributed by atoms with Gasteiger partial charge in [-0.25, -0.2) is 4.79 Å². The topological polar surface area (TPSA) is 50.2 Å². The van der Waals surface area contributed by atoms with Crippen LogP contribution in [0.1, 0.15) is 15.9 Å². The zero-order chi connectivity index (χ0) is 12.1. The Morgan fingerprint density at radius 2 is 2.00 bits per heavy atom. The number of carboxylic acids is 1. The molecule has 0 aliphatic heterocycles. The lowest BCUT2D eigenvalue weighted by Crippen LogP contribution is -1.96. The van der Waals surface area contributed by atoms with E-state index in [2.05, 4.69) is 4.98 Å². The Labute approximate surface area is 104 Å². The second-order valence-corrected chi connectivity index (χ2v) is 4.54. The highest BCUT2D eigenvalue weighted by atomic mass is 32.2. The molecule has 1 aromatic carbocycles. The molecular formula is C13H11NO2S. The quantitative estimate of drug-likeness (QED) is 0.841. The van der Waals surface area contributed by atoms with Crippen molar-refractivity contribution in [1.82, 2.24) is 4.98 Å². The molecule has 0 amide bonds. The Balaban J connectivity index is 2.04. The largest absolute Gasteiger partial charge is 0.478 e. The molecule has 3 nitrogen and oxygen atoms in total. The molecule has 0 aliphatic rings. The van der Waals surface area contributed by atoms with E-state index in [1.54, 1.807) is 24.0 Å². The van der Waals surface area contributed by atoms with Gasteiger partial charge in [0.25, 0.3) is 0 Å². The van der Waals surface area contributed by atoms with E-state index in [-0.39, 0.29) is 5.56 Å². The van der Waals surface area contributed by atoms with Gasteiger partial charge in [-0.15, -0.1) is 11.8 Å². The van der Waals surface area contributed by atoms with Crippen molar-refractivity contribution in [3.63, 3.8) is 0 Å². The van der Waals surface area contributed by atoms with Gasteiger partial charge in [0.1, 0.15) is 0 Å². The monoisotopic (exact) mass is 245 g/mol. The van der Waals surface area contributed by atoms with Gasteiger partial charge >= 0.3 is 5.97 Å². The lowest BCUT2D eigenvalue weighted by Gasteiger charge is -2.02. The zero-order valence-electron chi connectivity index (χ0n) is 9.04. The zero-order valence-corrected chi connectivity index (χ0v) is 9.85. The molecule has 2 rings (SSSR count). The maximum Gasteiger partial charge on any atom is 0.337 e. The average Bonchev–Trinajstić information content (AvgIpc) is 2.38. The van der Waals surface area contributed by atoms with Gasteiger partial charge in [-0.2, -0.15) is 0 Å². The van der Waals surface area contributed by atoms with Gasteiger partial charge in [0.05, 0.1) is 5.56 Å². The molecule has 2 aromatic rings. The minimum Gasteiger partial charge on any atom is -0.478 e. The Morgan fingerprint density at radius 3 is 2.71 bits per heavy atom. The molecule has 86 valence electrons. The fourth-order valence-corrected chi connectivity index (χ4v) is 2.23. The van der Waals surface area contributed by atoms with Gasteiger partial charge in [0.2, 0.25) is 0 Å². The smallest absolute Gasteiger partial charge is 0.337 e. The van der Waals surface area contributed by atoms with Crippen molar-refractivity contribution in [2.24, 2.45) is 0 Å². The second kappa shape index (κ2) is 5.50. The highest BCUT2D eigenvalue weighted by Gasteiger charge is 2.04. The summed E-state index contributed by atoms with van der Waals surface area (Å²) in [5.41, 5.74) is 1.43. The maximum absolute atomic E-state index is 10.8. The summed E-state index contributed by atoms with van der Waals surface area (Å²) in [6.45, 7) is 0. The normalized spacial score (nSPS) is 10.1. The van der Waals surface area contributed by atoms with Crippen molar-refractivity contribution in [3.05, 3.63) is 59.9 Å². The molecule has 0 fully saturated rings. The number of thioether (sulfide) groups is 1. The van der Waals surface area contributed by atoms with E-state index in [9.17, 15) is 4.79 Å². The predicted octanol–water partition coefficient (Wildman–Crippen LogP) is 3.07. The molecule has 4 heteroatoms. The maximum atomic E-state index is 10.8. The van der Waals surface area contributed by atoms with E-state index in [0.717, 1.165) is 10.6 Å². The number of aromatic carboxylic acids is 1. The van der Waals surface area contributed by atoms with Crippen LogP contribution in [-0.4, -0.2) is 16.1 Å². The summed E-state index contributed by atoms with van der Waals surface area (Å²) in [6, 6.07) is 11.7. The third kappa shape index (κ3) is 3.32. The Bertz CT molecular complexity index is 514. The summed E-state index contributed by atoms with van der Waals surface area (Å²) >= 11 is 1.58. The molecule has 0 spiro atoms. The van der Waals surface area contributed by atoms with E-state index >= 15 is 0 Å². The minimum absolute atomic E-state index is 0.225. The van der Waals surface area contributed by atoms with E-state index in [1.807, 2.05) is 30.3 Å². The number of pyridine rings is 1. The van der Waals surface area contributed by atoms with E-state index < -0.39 is 5.97 Å². The van der Waals surface area contributed by atoms with E-state index in [0.29, 0.717) is 0 Å². The van der Waals surface area contributed by atoms with Crippen molar-refractivity contribution in [2.45, 2.75) is 10.6 Å². The first kappa shape index (κ1) is 11.7. The number of hydrogen-bond donors (Lipinski definition) is 1. The Hall–Kier alpha value is -1.81. The molecule has 1 aromatic heterocycles. The summed E-state index contributed by atoms with van der Waals surface area (Å²) in [7, 11) is 0. The number of aromatic nitrogens is 1. The molecule has 0 aliphatic carbocycles. The van der Waals surface area contributed by atoms with Crippen LogP contribution in [0, 0.1) is 0 Å². The molecule has 0 saturated carbocycles. The highest BCUT2D eigenvalue weighted by Crippen LogP contribution is 2.22. The van der Waals surface area contributed by atoms with Gasteiger partial charge in [-0.1, -0.05) is 30.3 Å². The van der Waals surface area contributed by atoms with Crippen molar-refractivity contribution < 1.29 is 9.90 Å². The standard InChI is InChI=1S/C13H11NO2S/c15-13(16)11-6-12(8-14-7-11)17-9-10-4-2-1-3-5-10/h1-8H,9H2,(H,15,16). The molecule has 0 saturated heterocycles. The molecule has 0 unspecified atom stereocenters. The molecule has 0 radical (unpaired) electrons. The summed E-state index contributed by atoms with van der Waals surface area (Å²) in [4.78, 5) is 15.6. The van der Waals surface area contributed by atoms with Crippen LogP contribution in [0.2, 0.25) is 0 Å². The average molecular weight is 245 g/mol. The minimum atomic E-state index is -0.945. The molecule has 1 N–H and O–H groups in total. The molecule has 0 atom stereocenters. The first-order valence-electron chi connectivity index (χ1n) is 5.11. The molecular weight excluding hydrogens is 234 g/mol. The molecule has 0 bridgehead atoms. The van der Waals surface area contributed by atoms with Crippen molar-refractivity contribution in [3.8, 4) is 0 Å². The van der Waals surface area contributed by atoms with Crippen LogP contribution >= 0.6 is 11.8 Å². The number of benzene rings is 1. The Kier molecular flexibility index (Phi) is 3.77. The van der Waals surface area contributed by atoms with Crippen LogP contribution in [0.5, 0.6) is 0 Å². The van der Waals surface area contributed by atoms with Crippen molar-refractivity contribution >= 4 is 17.7 Å². The molecule has 17 heavy (non-hydrogen) atoms. The molecule has 1 heterocycles. The van der Waals surface area contributed by atoms with Crippen LogP contribution < -0.4 is 0 Å². The summed E-state index contributed by atoms with van der Waals surface area (Å²) < 4.78 is 0. The summed E-state index contributed by atoms with van der Waals surface area (Å²) in [6.07, 6.45) is 3.04. The van der Waals surface area contributed by atoms with Gasteiger partial charge in [-0.05, 0) is 11.6 Å². The van der Waals surface area contributed by atoms with Crippen LogP contribution in [0.25, 0.3) is 0 Å². The number of carbonyl (C=O) groups is 1. The fourth-order valence-electron chi connectivity index (χ4n) is 1.36. The van der Waals surface area contributed by atoms with Crippen LogP contribution in [0.15, 0.2) is 53.7 Å². The van der Waals surface area contributed by atoms with E-state index in [4.69, 9.17) is 5.11 Å². The third-order valence-electron chi connectivity index (χ3n) is 2.21. The van der Waals surface area contributed by atoms with E-state index in [1.165, 1.54) is 11.8 Å². The second-order valence-electron chi connectivity index (χ2n) is 3.49. The summed E-state index contributed by atoms with van der Waals surface area (Å²) in [5.74, 6) is -0.134. The van der Waals surface area contributed by atoms with Gasteiger partial charge in [0, 0.05) is 23.0 Å². The highest BCUT2D eigenvalue weighted by molar-refractivity contribution is 7.98. The number of hydrogen-bond acceptors (Lipinski definition) is 3. The third-order valence-corrected chi connectivity index (χ3v) is 3.24. The summed E-state index contributed by atoms with van der Waals surface area (Å²) in [5, 5.41) is 8.85. The fraction of sp³-hybridized carbons (Fsp3) is 0.0769. The predicted molar refractivity (Wildman–Crippen MR) is 67.2 cm³/mol. The Morgan fingerprint density at radius 1 is 1.24 bits per heavy atom. The van der Waals surface area contributed by atoms with Gasteiger partial charge < -0.3 is 5.11 Å². The number of nitrogens with zero attached hydrogens (tertiary/aromatic N) is 1. The first-order valence-corrected chi connectivity index (χ1v) is 6.09. The van der Waals surface area contributed by atoms with Gasteiger partial charge in [-0.3, -0.25) is 4.98 Å². The first-order chi connectivity index (χ1) is 8.25. The lowest BCUT2D eigenvalue weighted by molar-refractivity contribution is 0.0696. The SMILES string of the molecule is O=C(O)c1cncc(SCc2ccccc2)c1. The van der Waals surface area contributed by atoms with Crippen molar-refractivity contribution in [1.29, 1.82) is 0 Å². The lowest BCUT2D eigenvalue weighted by atomic mass is 10.2. The van der Waals surface area contributed by atoms with Gasteiger partial charge in [0.15, 0.2) is 0 Å². The number of rotatable bonds is 4. The van der Waals surface area contributed by atoms with Crippen LogP contribution in [0.3, 0.4) is 0 Å². The number of carboxylic acid groups (broad SMARTS) is 1. The van der Waals surface area contributed by atoms with Crippen LogP contribution in [-0.2, 0) is 5.75 Å². The van der Waals surface area contributed by atoms with Crippen molar-refractivity contribution in [2.75, 3.05) is 0 Å². The van der Waals surface area contributed by atoms with Crippen LogP contribution in [0.4, 0.5) is 0 Å².